The van der Waals surface area contributed by atoms with Gasteiger partial charge >= 0.3 is 0 Å². The maximum Gasteiger partial charge on any atom is 0.227 e. The summed E-state index contributed by atoms with van der Waals surface area (Å²) in [7, 11) is 1.63. The Bertz CT molecular complexity index is 1010. The molecule has 4 aromatic rings. The van der Waals surface area contributed by atoms with Gasteiger partial charge in [-0.25, -0.2) is 4.98 Å². The number of carbonyl (C=O) groups excluding carboxylic acids is 1. The molecule has 0 aliphatic carbocycles. The number of furan rings is 1. The van der Waals surface area contributed by atoms with Crippen LogP contribution in [-0.2, 0) is 0 Å². The largest absolute Gasteiger partial charge is 0.497 e. The predicted molar refractivity (Wildman–Crippen MR) is 89.1 cm³/mol. The van der Waals surface area contributed by atoms with Crippen molar-refractivity contribution in [2.24, 2.45) is 0 Å². The van der Waals surface area contributed by atoms with E-state index in [1.807, 2.05) is 42.5 Å². The minimum absolute atomic E-state index is 0.296. The van der Waals surface area contributed by atoms with Crippen molar-refractivity contribution in [3.8, 4) is 28.5 Å². The number of rotatable bonds is 4. The molecule has 0 aliphatic heterocycles. The topological polar surface area (TPSA) is 65.5 Å². The molecule has 5 nitrogen and oxygen atoms in total. The molecular formula is C19H13NO4. The summed E-state index contributed by atoms with van der Waals surface area (Å²) in [6, 6.07) is 16.5. The predicted octanol–water partition coefficient (Wildman–Crippen LogP) is 4.58. The molecule has 2 heterocycles. The molecule has 0 N–H and O–H groups in total. The molecule has 0 spiro atoms. The quantitative estimate of drug-likeness (QED) is 0.515. The van der Waals surface area contributed by atoms with E-state index in [1.54, 1.807) is 19.2 Å². The fourth-order valence-electron chi connectivity index (χ4n) is 2.51. The number of carbonyl (C=O) groups is 1. The summed E-state index contributed by atoms with van der Waals surface area (Å²) in [6.45, 7) is 0. The normalized spacial score (nSPS) is 10.9. The fourth-order valence-corrected chi connectivity index (χ4v) is 2.51. The molecule has 0 aliphatic rings. The molecule has 2 aromatic heterocycles. The Hall–Kier alpha value is -3.34. The third-order valence-electron chi connectivity index (χ3n) is 3.75. The van der Waals surface area contributed by atoms with Crippen LogP contribution >= 0.6 is 0 Å². The van der Waals surface area contributed by atoms with Gasteiger partial charge in [-0.2, -0.15) is 0 Å². The van der Waals surface area contributed by atoms with Crippen molar-refractivity contribution >= 4 is 17.4 Å². The average Bonchev–Trinajstić information content (AvgIpc) is 3.27. The third kappa shape index (κ3) is 2.46. The number of hydrogen-bond acceptors (Lipinski definition) is 5. The van der Waals surface area contributed by atoms with Gasteiger partial charge in [-0.15, -0.1) is 0 Å². The molecule has 0 atom stereocenters. The Balaban J connectivity index is 1.73. The van der Waals surface area contributed by atoms with E-state index >= 15 is 0 Å². The van der Waals surface area contributed by atoms with Crippen molar-refractivity contribution in [3.63, 3.8) is 0 Å². The zero-order valence-electron chi connectivity index (χ0n) is 12.9. The Morgan fingerprint density at radius 3 is 2.46 bits per heavy atom. The van der Waals surface area contributed by atoms with Crippen LogP contribution in [0.15, 0.2) is 63.4 Å². The first-order valence-electron chi connectivity index (χ1n) is 7.37. The standard InChI is InChI=1S/C19H13NO4/c1-22-14-5-2-12(3-6-14)19-20-16-10-13(4-8-18(16)24-19)17-9-7-15(11-21)23-17/h2-11H,1H3. The lowest BCUT2D eigenvalue weighted by molar-refractivity contribution is 0.110. The van der Waals surface area contributed by atoms with Gasteiger partial charge in [0.15, 0.2) is 17.6 Å². The van der Waals surface area contributed by atoms with E-state index in [4.69, 9.17) is 13.6 Å². The third-order valence-corrected chi connectivity index (χ3v) is 3.75. The number of hydrogen-bond donors (Lipinski definition) is 0. The second-order valence-electron chi connectivity index (χ2n) is 5.25. The molecule has 118 valence electrons. The summed E-state index contributed by atoms with van der Waals surface area (Å²) in [5, 5.41) is 0. The van der Waals surface area contributed by atoms with Gasteiger partial charge in [0.1, 0.15) is 17.0 Å². The molecule has 0 saturated heterocycles. The summed E-state index contributed by atoms with van der Waals surface area (Å²) in [5.41, 5.74) is 3.12. The monoisotopic (exact) mass is 319 g/mol. The van der Waals surface area contributed by atoms with Crippen LogP contribution < -0.4 is 4.74 Å². The minimum Gasteiger partial charge on any atom is -0.497 e. The van der Waals surface area contributed by atoms with Crippen LogP contribution in [0.25, 0.3) is 33.9 Å². The first-order chi connectivity index (χ1) is 11.8. The van der Waals surface area contributed by atoms with Crippen molar-refractivity contribution in [1.82, 2.24) is 4.98 Å². The minimum atomic E-state index is 0.296. The summed E-state index contributed by atoms with van der Waals surface area (Å²) >= 11 is 0. The number of nitrogens with zero attached hydrogens (tertiary/aromatic N) is 1. The molecule has 4 rings (SSSR count). The van der Waals surface area contributed by atoms with Gasteiger partial charge in [-0.3, -0.25) is 4.79 Å². The van der Waals surface area contributed by atoms with Gasteiger partial charge in [0.05, 0.1) is 7.11 Å². The number of oxazole rings is 1. The first-order valence-corrected chi connectivity index (χ1v) is 7.37. The maximum absolute atomic E-state index is 10.7. The second-order valence-corrected chi connectivity index (χ2v) is 5.25. The van der Waals surface area contributed by atoms with E-state index in [9.17, 15) is 4.79 Å². The zero-order valence-corrected chi connectivity index (χ0v) is 12.9. The van der Waals surface area contributed by atoms with Crippen LogP contribution in [0.1, 0.15) is 10.6 Å². The van der Waals surface area contributed by atoms with Crippen molar-refractivity contribution in [1.29, 1.82) is 0 Å². The number of ether oxygens (including phenoxy) is 1. The van der Waals surface area contributed by atoms with Crippen molar-refractivity contribution in [2.75, 3.05) is 7.11 Å². The Kier molecular flexibility index (Phi) is 3.39. The van der Waals surface area contributed by atoms with Crippen LogP contribution in [0.4, 0.5) is 0 Å². The van der Waals surface area contributed by atoms with E-state index in [2.05, 4.69) is 4.98 Å². The Labute approximate surface area is 137 Å². The molecule has 2 aromatic carbocycles. The summed E-state index contributed by atoms with van der Waals surface area (Å²) in [4.78, 5) is 15.3. The molecular weight excluding hydrogens is 306 g/mol. The van der Waals surface area contributed by atoms with Crippen LogP contribution in [0.5, 0.6) is 5.75 Å². The lowest BCUT2D eigenvalue weighted by atomic mass is 10.1. The summed E-state index contributed by atoms with van der Waals surface area (Å²) in [5.74, 6) is 2.23. The van der Waals surface area contributed by atoms with Gasteiger partial charge in [0, 0.05) is 11.1 Å². The molecule has 5 heteroatoms. The van der Waals surface area contributed by atoms with Gasteiger partial charge in [-0.05, 0) is 54.6 Å². The Morgan fingerprint density at radius 2 is 1.75 bits per heavy atom. The van der Waals surface area contributed by atoms with Gasteiger partial charge in [-0.1, -0.05) is 0 Å². The van der Waals surface area contributed by atoms with Crippen molar-refractivity contribution < 1.29 is 18.4 Å². The highest BCUT2D eigenvalue weighted by atomic mass is 16.5. The lowest BCUT2D eigenvalue weighted by Gasteiger charge is -1.99. The maximum atomic E-state index is 10.7. The van der Waals surface area contributed by atoms with Crippen LogP contribution in [-0.4, -0.2) is 18.4 Å². The number of fused-ring (bicyclic) bond motifs is 1. The molecule has 0 saturated carbocycles. The average molecular weight is 319 g/mol. The second kappa shape index (κ2) is 5.70. The summed E-state index contributed by atoms with van der Waals surface area (Å²) < 4.78 is 16.4. The van der Waals surface area contributed by atoms with E-state index in [0.29, 0.717) is 29.3 Å². The Morgan fingerprint density at radius 1 is 0.958 bits per heavy atom. The highest BCUT2D eigenvalue weighted by Gasteiger charge is 2.11. The smallest absolute Gasteiger partial charge is 0.227 e. The van der Waals surface area contributed by atoms with Gasteiger partial charge < -0.3 is 13.6 Å². The van der Waals surface area contributed by atoms with E-state index in [-0.39, 0.29) is 0 Å². The van der Waals surface area contributed by atoms with Crippen molar-refractivity contribution in [3.05, 3.63) is 60.4 Å². The first kappa shape index (κ1) is 14.3. The summed E-state index contributed by atoms with van der Waals surface area (Å²) in [6.07, 6.45) is 0.680. The SMILES string of the molecule is COc1ccc(-c2nc3cc(-c4ccc(C=O)o4)ccc3o2)cc1. The molecule has 0 bridgehead atoms. The van der Waals surface area contributed by atoms with Gasteiger partial charge in [0.25, 0.3) is 0 Å². The molecule has 0 unspecified atom stereocenters. The highest BCUT2D eigenvalue weighted by Crippen LogP contribution is 2.29. The fraction of sp³-hybridized carbons (Fsp3) is 0.0526. The number of methoxy groups -OCH3 is 1. The van der Waals surface area contributed by atoms with E-state index in [1.165, 1.54) is 0 Å². The van der Waals surface area contributed by atoms with Crippen LogP contribution in [0, 0.1) is 0 Å². The number of aldehydes is 1. The number of aromatic nitrogens is 1. The van der Waals surface area contributed by atoms with Crippen LogP contribution in [0.2, 0.25) is 0 Å². The zero-order chi connectivity index (χ0) is 16.5. The van der Waals surface area contributed by atoms with E-state index < -0.39 is 0 Å². The van der Waals surface area contributed by atoms with Gasteiger partial charge in [0.2, 0.25) is 5.89 Å². The molecule has 0 fully saturated rings. The molecule has 24 heavy (non-hydrogen) atoms. The van der Waals surface area contributed by atoms with E-state index in [0.717, 1.165) is 22.4 Å². The van der Waals surface area contributed by atoms with Crippen LogP contribution in [0.3, 0.4) is 0 Å². The number of benzene rings is 2. The molecule has 0 amide bonds. The highest BCUT2D eigenvalue weighted by molar-refractivity contribution is 5.82. The van der Waals surface area contributed by atoms with Crippen molar-refractivity contribution in [2.45, 2.75) is 0 Å². The molecule has 0 radical (unpaired) electrons. The lowest BCUT2D eigenvalue weighted by Crippen LogP contribution is -1.82.